The fourth-order valence-electron chi connectivity index (χ4n) is 2.65. The number of nitrogens with zero attached hydrogens (tertiary/aromatic N) is 2. The Balaban J connectivity index is 1.85. The topological polar surface area (TPSA) is 57.7 Å². The van der Waals surface area contributed by atoms with E-state index >= 15 is 0 Å². The molecule has 1 aromatic heterocycles. The first kappa shape index (κ1) is 17.4. The summed E-state index contributed by atoms with van der Waals surface area (Å²) in [6.07, 6.45) is 2.61. The Labute approximate surface area is 137 Å². The highest BCUT2D eigenvalue weighted by atomic mass is 32.2. The first-order valence-corrected chi connectivity index (χ1v) is 10.3. The molecular formula is C15H24N2O3S2. The summed E-state index contributed by atoms with van der Waals surface area (Å²) in [4.78, 5) is 15.3. The molecule has 22 heavy (non-hydrogen) atoms. The average Bonchev–Trinajstić information content (AvgIpc) is 2.86. The zero-order valence-electron chi connectivity index (χ0n) is 13.0. The lowest BCUT2D eigenvalue weighted by Crippen LogP contribution is -2.38. The Morgan fingerprint density at radius 1 is 1.27 bits per heavy atom. The molecule has 1 aliphatic heterocycles. The number of amides is 1. The van der Waals surface area contributed by atoms with Gasteiger partial charge in [-0.25, -0.2) is 12.7 Å². The van der Waals surface area contributed by atoms with E-state index < -0.39 is 10.0 Å². The van der Waals surface area contributed by atoms with Gasteiger partial charge in [-0.2, -0.15) is 0 Å². The predicted molar refractivity (Wildman–Crippen MR) is 89.5 cm³/mol. The van der Waals surface area contributed by atoms with Crippen LogP contribution in [0.3, 0.4) is 0 Å². The molecule has 0 aliphatic carbocycles. The van der Waals surface area contributed by atoms with Crippen LogP contribution >= 0.6 is 11.3 Å². The zero-order chi connectivity index (χ0) is 16.0. The third kappa shape index (κ3) is 4.79. The van der Waals surface area contributed by atoms with Crippen molar-refractivity contribution in [3.8, 4) is 0 Å². The molecule has 0 N–H and O–H groups in total. The number of sulfonamides is 1. The summed E-state index contributed by atoms with van der Waals surface area (Å²) in [7, 11) is -3.16. The van der Waals surface area contributed by atoms with Crippen LogP contribution in [-0.4, -0.2) is 55.5 Å². The van der Waals surface area contributed by atoms with Crippen LogP contribution in [0.4, 0.5) is 0 Å². The molecule has 1 amide bonds. The van der Waals surface area contributed by atoms with E-state index in [1.54, 1.807) is 15.6 Å². The Bertz CT molecular complexity index is 570. The maximum atomic E-state index is 12.3. The van der Waals surface area contributed by atoms with Gasteiger partial charge in [0.2, 0.25) is 15.9 Å². The highest BCUT2D eigenvalue weighted by molar-refractivity contribution is 7.89. The first-order valence-electron chi connectivity index (χ1n) is 7.81. The molecular weight excluding hydrogens is 320 g/mol. The molecule has 0 spiro atoms. The monoisotopic (exact) mass is 344 g/mol. The number of aryl methyl sites for hydroxylation is 1. The third-order valence-electron chi connectivity index (χ3n) is 3.83. The van der Waals surface area contributed by atoms with Crippen LogP contribution in [-0.2, 0) is 21.2 Å². The van der Waals surface area contributed by atoms with E-state index in [4.69, 9.17) is 0 Å². The molecule has 1 fully saturated rings. The Morgan fingerprint density at radius 2 is 2.09 bits per heavy atom. The van der Waals surface area contributed by atoms with Crippen LogP contribution in [0, 0.1) is 0 Å². The number of rotatable bonds is 6. The van der Waals surface area contributed by atoms with E-state index in [-0.39, 0.29) is 11.7 Å². The van der Waals surface area contributed by atoms with Crippen molar-refractivity contribution in [2.75, 3.05) is 31.9 Å². The van der Waals surface area contributed by atoms with E-state index in [2.05, 4.69) is 0 Å². The maximum absolute atomic E-state index is 12.3. The van der Waals surface area contributed by atoms with Crippen LogP contribution in [0.25, 0.3) is 0 Å². The second-order valence-corrected chi connectivity index (χ2v) is 8.65. The van der Waals surface area contributed by atoms with E-state index in [0.717, 1.165) is 6.42 Å². The van der Waals surface area contributed by atoms with Crippen molar-refractivity contribution in [1.82, 2.24) is 9.21 Å². The summed E-state index contributed by atoms with van der Waals surface area (Å²) < 4.78 is 25.8. The fraction of sp³-hybridized carbons (Fsp3) is 0.667. The largest absolute Gasteiger partial charge is 0.341 e. The van der Waals surface area contributed by atoms with Crippen molar-refractivity contribution in [1.29, 1.82) is 0 Å². The second-order valence-electron chi connectivity index (χ2n) is 5.53. The Hall–Kier alpha value is -0.920. The minimum absolute atomic E-state index is 0.128. The summed E-state index contributed by atoms with van der Waals surface area (Å²) in [5, 5.41) is 2.02. The number of thiophene rings is 1. The SMILES string of the molecule is CCCS(=O)(=O)N1CCCN(C(=O)CCc2cccs2)CC1. The smallest absolute Gasteiger partial charge is 0.222 e. The molecule has 7 heteroatoms. The molecule has 0 saturated carbocycles. The molecule has 124 valence electrons. The van der Waals surface area contributed by atoms with Crippen molar-refractivity contribution in [2.24, 2.45) is 0 Å². The number of carbonyl (C=O) groups excluding carboxylic acids is 1. The summed E-state index contributed by atoms with van der Waals surface area (Å²) >= 11 is 1.67. The molecule has 0 bridgehead atoms. The summed E-state index contributed by atoms with van der Waals surface area (Å²) in [6, 6.07) is 4.03. The molecule has 1 aliphatic rings. The lowest BCUT2D eigenvalue weighted by Gasteiger charge is -2.21. The van der Waals surface area contributed by atoms with Gasteiger partial charge in [-0.3, -0.25) is 4.79 Å². The summed E-state index contributed by atoms with van der Waals surface area (Å²) in [5.74, 6) is 0.322. The minimum Gasteiger partial charge on any atom is -0.341 e. The lowest BCUT2D eigenvalue weighted by atomic mass is 10.2. The Kier molecular flexibility index (Phi) is 6.40. The molecule has 2 rings (SSSR count). The van der Waals surface area contributed by atoms with Gasteiger partial charge in [0.05, 0.1) is 5.75 Å². The normalized spacial score (nSPS) is 17.4. The Morgan fingerprint density at radius 3 is 2.77 bits per heavy atom. The van der Waals surface area contributed by atoms with Crippen molar-refractivity contribution in [3.63, 3.8) is 0 Å². The molecule has 1 aromatic rings. The van der Waals surface area contributed by atoms with Gasteiger partial charge in [0, 0.05) is 37.5 Å². The number of hydrogen-bond acceptors (Lipinski definition) is 4. The van der Waals surface area contributed by atoms with Crippen molar-refractivity contribution in [3.05, 3.63) is 22.4 Å². The lowest BCUT2D eigenvalue weighted by molar-refractivity contribution is -0.131. The van der Waals surface area contributed by atoms with Gasteiger partial charge in [-0.1, -0.05) is 13.0 Å². The van der Waals surface area contributed by atoms with Gasteiger partial charge >= 0.3 is 0 Å². The van der Waals surface area contributed by atoms with Crippen molar-refractivity contribution in [2.45, 2.75) is 32.6 Å². The second kappa shape index (κ2) is 8.08. The summed E-state index contributed by atoms with van der Waals surface area (Å²) in [6.45, 7) is 3.98. The molecule has 0 aromatic carbocycles. The van der Waals surface area contributed by atoms with E-state index in [9.17, 15) is 13.2 Å². The molecule has 0 unspecified atom stereocenters. The molecule has 5 nitrogen and oxygen atoms in total. The summed E-state index contributed by atoms with van der Waals surface area (Å²) in [5.41, 5.74) is 0. The molecule has 0 radical (unpaired) electrons. The highest BCUT2D eigenvalue weighted by Gasteiger charge is 2.25. The van der Waals surface area contributed by atoms with Crippen LogP contribution in [0.15, 0.2) is 17.5 Å². The minimum atomic E-state index is -3.16. The van der Waals surface area contributed by atoms with Gasteiger partial charge in [0.15, 0.2) is 0 Å². The van der Waals surface area contributed by atoms with Crippen LogP contribution < -0.4 is 0 Å². The molecule has 2 heterocycles. The maximum Gasteiger partial charge on any atom is 0.222 e. The van der Waals surface area contributed by atoms with Crippen LogP contribution in [0.2, 0.25) is 0 Å². The number of hydrogen-bond donors (Lipinski definition) is 0. The van der Waals surface area contributed by atoms with Crippen LogP contribution in [0.1, 0.15) is 31.1 Å². The molecule has 1 saturated heterocycles. The van der Waals surface area contributed by atoms with E-state index in [1.807, 2.05) is 29.3 Å². The highest BCUT2D eigenvalue weighted by Crippen LogP contribution is 2.14. The quantitative estimate of drug-likeness (QED) is 0.792. The van der Waals surface area contributed by atoms with Gasteiger partial charge in [0.25, 0.3) is 0 Å². The number of carbonyl (C=O) groups is 1. The first-order chi connectivity index (χ1) is 10.5. The van der Waals surface area contributed by atoms with Gasteiger partial charge in [-0.05, 0) is 30.7 Å². The van der Waals surface area contributed by atoms with Gasteiger partial charge < -0.3 is 4.90 Å². The average molecular weight is 345 g/mol. The third-order valence-corrected chi connectivity index (χ3v) is 6.84. The molecule has 0 atom stereocenters. The van der Waals surface area contributed by atoms with Gasteiger partial charge in [0.1, 0.15) is 0 Å². The van der Waals surface area contributed by atoms with Crippen LogP contribution in [0.5, 0.6) is 0 Å². The standard InChI is InChI=1S/C15H24N2O3S2/c1-2-13-22(19,20)17-9-4-8-16(10-11-17)15(18)7-6-14-5-3-12-21-14/h3,5,12H,2,4,6-11,13H2,1H3. The van der Waals surface area contributed by atoms with Crippen molar-refractivity contribution >= 4 is 27.3 Å². The zero-order valence-corrected chi connectivity index (χ0v) is 14.7. The van der Waals surface area contributed by atoms with Gasteiger partial charge in [-0.15, -0.1) is 11.3 Å². The predicted octanol–water partition coefficient (Wildman–Crippen LogP) is 1.95. The van der Waals surface area contributed by atoms with Crippen molar-refractivity contribution < 1.29 is 13.2 Å². The fourth-order valence-corrected chi connectivity index (χ4v) is 4.90. The van der Waals surface area contributed by atoms with E-state index in [0.29, 0.717) is 45.4 Å². The van der Waals surface area contributed by atoms with E-state index in [1.165, 1.54) is 4.88 Å².